The lowest BCUT2D eigenvalue weighted by molar-refractivity contribution is -0.112. The second kappa shape index (κ2) is 6.81. The van der Waals surface area contributed by atoms with Crippen molar-refractivity contribution >= 4 is 29.4 Å². The van der Waals surface area contributed by atoms with Gasteiger partial charge in [-0.2, -0.15) is 0 Å². The van der Waals surface area contributed by atoms with Gasteiger partial charge in [0.25, 0.3) is 5.91 Å². The van der Waals surface area contributed by atoms with Crippen molar-refractivity contribution in [2.24, 2.45) is 0 Å². The molecule has 0 aliphatic heterocycles. The van der Waals surface area contributed by atoms with Crippen LogP contribution in [0.4, 0.5) is 5.69 Å². The molecule has 2 nitrogen and oxygen atoms in total. The Kier molecular flexibility index (Phi) is 4.81. The van der Waals surface area contributed by atoms with E-state index in [1.807, 2.05) is 73.0 Å². The molecule has 0 aliphatic rings. The van der Waals surface area contributed by atoms with E-state index in [2.05, 4.69) is 5.32 Å². The van der Waals surface area contributed by atoms with Crippen LogP contribution in [-0.2, 0) is 4.79 Å². The van der Waals surface area contributed by atoms with Crippen molar-refractivity contribution < 1.29 is 4.79 Å². The third-order valence-corrected chi connectivity index (χ3v) is 3.32. The summed E-state index contributed by atoms with van der Waals surface area (Å²) in [5.74, 6) is -0.0810. The molecule has 0 saturated carbocycles. The highest BCUT2D eigenvalue weighted by Gasteiger charge is 2.08. The number of amides is 1. The van der Waals surface area contributed by atoms with Gasteiger partial charge in [0, 0.05) is 5.69 Å². The summed E-state index contributed by atoms with van der Waals surface area (Å²) >= 11 is 1.44. The normalized spacial score (nSPS) is 11.1. The van der Waals surface area contributed by atoms with Gasteiger partial charge in [0.05, 0.1) is 4.91 Å². The number of carbonyl (C=O) groups is 1. The van der Waals surface area contributed by atoms with Gasteiger partial charge in [-0.05, 0) is 30.0 Å². The summed E-state index contributed by atoms with van der Waals surface area (Å²) in [6, 6.07) is 19.3. The summed E-state index contributed by atoms with van der Waals surface area (Å²) < 4.78 is 0. The van der Waals surface area contributed by atoms with Crippen LogP contribution >= 0.6 is 11.8 Å². The predicted molar refractivity (Wildman–Crippen MR) is 83.0 cm³/mol. The second-order valence-electron chi connectivity index (χ2n) is 3.94. The van der Waals surface area contributed by atoms with Gasteiger partial charge in [-0.25, -0.2) is 0 Å². The minimum Gasteiger partial charge on any atom is -0.322 e. The van der Waals surface area contributed by atoms with Crippen LogP contribution in [-0.4, -0.2) is 12.2 Å². The maximum Gasteiger partial charge on any atom is 0.262 e. The molecule has 0 fully saturated rings. The van der Waals surface area contributed by atoms with E-state index in [9.17, 15) is 4.79 Å². The van der Waals surface area contributed by atoms with Crippen molar-refractivity contribution in [1.29, 1.82) is 0 Å². The number of hydrogen-bond donors (Lipinski definition) is 1. The van der Waals surface area contributed by atoms with Gasteiger partial charge in [0.15, 0.2) is 0 Å². The Morgan fingerprint density at radius 2 is 1.58 bits per heavy atom. The lowest BCUT2D eigenvalue weighted by Crippen LogP contribution is -2.12. The first-order chi connectivity index (χ1) is 9.29. The van der Waals surface area contributed by atoms with Gasteiger partial charge in [-0.3, -0.25) is 4.79 Å². The highest BCUT2D eigenvalue weighted by atomic mass is 32.2. The van der Waals surface area contributed by atoms with Crippen LogP contribution in [0.5, 0.6) is 0 Å². The monoisotopic (exact) mass is 269 g/mol. The smallest absolute Gasteiger partial charge is 0.262 e. The van der Waals surface area contributed by atoms with Crippen LogP contribution in [0.2, 0.25) is 0 Å². The molecule has 3 heteroatoms. The Morgan fingerprint density at radius 3 is 2.16 bits per heavy atom. The molecule has 0 aliphatic carbocycles. The first-order valence-corrected chi connectivity index (χ1v) is 7.19. The van der Waals surface area contributed by atoms with Crippen molar-refractivity contribution in [3.05, 3.63) is 71.1 Å². The third kappa shape index (κ3) is 4.00. The molecule has 0 aromatic heterocycles. The quantitative estimate of drug-likeness (QED) is 0.849. The highest BCUT2D eigenvalue weighted by molar-refractivity contribution is 8.03. The van der Waals surface area contributed by atoms with E-state index in [0.29, 0.717) is 4.91 Å². The Labute approximate surface area is 117 Å². The van der Waals surface area contributed by atoms with Crippen molar-refractivity contribution in [2.75, 3.05) is 11.6 Å². The van der Waals surface area contributed by atoms with Crippen LogP contribution in [0.3, 0.4) is 0 Å². The molecule has 0 radical (unpaired) electrons. The summed E-state index contributed by atoms with van der Waals surface area (Å²) in [6.07, 6.45) is 3.79. The fourth-order valence-electron chi connectivity index (χ4n) is 1.63. The second-order valence-corrected chi connectivity index (χ2v) is 4.79. The van der Waals surface area contributed by atoms with Gasteiger partial charge < -0.3 is 5.32 Å². The zero-order valence-corrected chi connectivity index (χ0v) is 11.5. The van der Waals surface area contributed by atoms with Crippen LogP contribution in [0.15, 0.2) is 65.6 Å². The lowest BCUT2D eigenvalue weighted by Gasteiger charge is -2.06. The zero-order chi connectivity index (χ0) is 13.5. The van der Waals surface area contributed by atoms with Crippen LogP contribution in [0.25, 0.3) is 6.08 Å². The number of para-hydroxylation sites is 1. The lowest BCUT2D eigenvalue weighted by atomic mass is 10.2. The number of benzene rings is 2. The number of rotatable bonds is 4. The topological polar surface area (TPSA) is 29.1 Å². The summed E-state index contributed by atoms with van der Waals surface area (Å²) in [7, 11) is 0. The van der Waals surface area contributed by atoms with Crippen LogP contribution < -0.4 is 5.32 Å². The van der Waals surface area contributed by atoms with Crippen molar-refractivity contribution in [1.82, 2.24) is 0 Å². The fourth-order valence-corrected chi connectivity index (χ4v) is 2.12. The Balaban J connectivity index is 2.14. The average Bonchev–Trinajstić information content (AvgIpc) is 2.47. The molecule has 0 spiro atoms. The van der Waals surface area contributed by atoms with Gasteiger partial charge in [-0.15, -0.1) is 11.8 Å². The maximum absolute atomic E-state index is 12.1. The molecule has 1 amide bonds. The van der Waals surface area contributed by atoms with Crippen molar-refractivity contribution in [3.63, 3.8) is 0 Å². The molecule has 2 aromatic carbocycles. The summed E-state index contributed by atoms with van der Waals surface area (Å²) in [4.78, 5) is 12.8. The molecule has 0 unspecified atom stereocenters. The highest BCUT2D eigenvalue weighted by Crippen LogP contribution is 2.18. The molecule has 0 heterocycles. The predicted octanol–water partition coefficient (Wildman–Crippen LogP) is 4.03. The van der Waals surface area contributed by atoms with Gasteiger partial charge in [0.2, 0.25) is 0 Å². The minimum absolute atomic E-state index is 0.0810. The number of nitrogens with one attached hydrogen (secondary N) is 1. The zero-order valence-electron chi connectivity index (χ0n) is 10.7. The fraction of sp³-hybridized carbons (Fsp3) is 0.0625. The number of carbonyl (C=O) groups excluding carboxylic acids is 1. The third-order valence-electron chi connectivity index (χ3n) is 2.57. The molecule has 1 N–H and O–H groups in total. The maximum atomic E-state index is 12.1. The largest absolute Gasteiger partial charge is 0.322 e. The Bertz CT molecular complexity index is 564. The molecular weight excluding hydrogens is 254 g/mol. The molecule has 2 rings (SSSR count). The van der Waals surface area contributed by atoms with E-state index in [1.165, 1.54) is 11.8 Å². The molecule has 2 aromatic rings. The Morgan fingerprint density at radius 1 is 1.00 bits per heavy atom. The first kappa shape index (κ1) is 13.4. The summed E-state index contributed by atoms with van der Waals surface area (Å²) in [6.45, 7) is 0. The SMILES string of the molecule is CSC(=Cc1ccccc1)C(=O)Nc1ccccc1. The molecule has 0 saturated heterocycles. The molecular formula is C16H15NOS. The minimum atomic E-state index is -0.0810. The van der Waals surface area contributed by atoms with Crippen molar-refractivity contribution in [3.8, 4) is 0 Å². The van der Waals surface area contributed by atoms with E-state index in [-0.39, 0.29) is 5.91 Å². The standard InChI is InChI=1S/C16H15NOS/c1-19-15(12-13-8-4-2-5-9-13)16(18)17-14-10-6-3-7-11-14/h2-12H,1H3,(H,17,18). The van der Waals surface area contributed by atoms with E-state index >= 15 is 0 Å². The van der Waals surface area contributed by atoms with Crippen molar-refractivity contribution in [2.45, 2.75) is 0 Å². The van der Waals surface area contributed by atoms with Crippen LogP contribution in [0.1, 0.15) is 5.56 Å². The van der Waals surface area contributed by atoms with E-state index in [4.69, 9.17) is 0 Å². The Hall–Kier alpha value is -2.00. The number of hydrogen-bond acceptors (Lipinski definition) is 2. The molecule has 0 bridgehead atoms. The van der Waals surface area contributed by atoms with E-state index < -0.39 is 0 Å². The van der Waals surface area contributed by atoms with Gasteiger partial charge in [-0.1, -0.05) is 48.5 Å². The number of thioether (sulfide) groups is 1. The molecule has 19 heavy (non-hydrogen) atoms. The van der Waals surface area contributed by atoms with Crippen LogP contribution in [0, 0.1) is 0 Å². The average molecular weight is 269 g/mol. The summed E-state index contributed by atoms with van der Waals surface area (Å²) in [5.41, 5.74) is 1.83. The number of anilines is 1. The summed E-state index contributed by atoms with van der Waals surface area (Å²) in [5, 5.41) is 2.89. The molecule has 0 atom stereocenters. The molecule has 96 valence electrons. The van der Waals surface area contributed by atoms with Gasteiger partial charge >= 0.3 is 0 Å². The van der Waals surface area contributed by atoms with Gasteiger partial charge in [0.1, 0.15) is 0 Å². The first-order valence-electron chi connectivity index (χ1n) is 5.97. The van der Waals surface area contributed by atoms with E-state index in [1.54, 1.807) is 0 Å². The van der Waals surface area contributed by atoms with E-state index in [0.717, 1.165) is 11.3 Å².